The summed E-state index contributed by atoms with van der Waals surface area (Å²) in [4.78, 5) is 14.9. The highest BCUT2D eigenvalue weighted by Crippen LogP contribution is 2.21. The van der Waals surface area contributed by atoms with Crippen molar-refractivity contribution in [2.45, 2.75) is 13.8 Å². The Morgan fingerprint density at radius 2 is 2.21 bits per heavy atom. The van der Waals surface area contributed by atoms with Gasteiger partial charge >= 0.3 is 0 Å². The molecule has 2 aromatic rings. The van der Waals surface area contributed by atoms with E-state index in [-0.39, 0.29) is 18.1 Å². The largest absolute Gasteiger partial charge is 0.396 e. The molecular formula is C14H17FN2O2. The number of fused-ring (bicyclic) bond motifs is 1. The number of rotatable bonds is 4. The Kier molecular flexibility index (Phi) is 3.57. The van der Waals surface area contributed by atoms with Gasteiger partial charge in [-0.25, -0.2) is 4.39 Å². The van der Waals surface area contributed by atoms with Gasteiger partial charge in [-0.3, -0.25) is 4.79 Å². The molecule has 0 unspecified atom stereocenters. The normalized spacial score (nSPS) is 11.8. The lowest BCUT2D eigenvalue weighted by atomic mass is 9.95. The average molecular weight is 264 g/mol. The molecule has 0 spiro atoms. The maximum atomic E-state index is 13.7. The predicted octanol–water partition coefficient (Wildman–Crippen LogP) is 2.06. The molecule has 1 aromatic heterocycles. The Morgan fingerprint density at radius 3 is 2.89 bits per heavy atom. The van der Waals surface area contributed by atoms with Crippen molar-refractivity contribution >= 4 is 16.8 Å². The molecule has 1 amide bonds. The summed E-state index contributed by atoms with van der Waals surface area (Å²) in [5, 5.41) is 12.1. The molecule has 0 atom stereocenters. The minimum Gasteiger partial charge on any atom is -0.396 e. The summed E-state index contributed by atoms with van der Waals surface area (Å²) in [6.45, 7) is 3.96. The molecule has 0 aliphatic rings. The summed E-state index contributed by atoms with van der Waals surface area (Å²) in [6.07, 6.45) is 1.50. The molecule has 3 N–H and O–H groups in total. The van der Waals surface area contributed by atoms with Gasteiger partial charge in [0.2, 0.25) is 0 Å². The van der Waals surface area contributed by atoms with Gasteiger partial charge in [-0.05, 0) is 12.1 Å². The number of hydrogen-bond donors (Lipinski definition) is 3. The Bertz CT molecular complexity index is 605. The quantitative estimate of drug-likeness (QED) is 0.791. The van der Waals surface area contributed by atoms with Gasteiger partial charge in [-0.15, -0.1) is 0 Å². The zero-order valence-electron chi connectivity index (χ0n) is 11.0. The summed E-state index contributed by atoms with van der Waals surface area (Å²) in [6, 6.07) is 4.63. The number of carbonyl (C=O) groups is 1. The first-order valence-electron chi connectivity index (χ1n) is 6.09. The molecule has 1 aromatic carbocycles. The number of aromatic amines is 1. The van der Waals surface area contributed by atoms with Gasteiger partial charge in [0.15, 0.2) is 0 Å². The molecule has 0 radical (unpaired) electrons. The molecule has 2 rings (SSSR count). The Hall–Kier alpha value is -1.88. The summed E-state index contributed by atoms with van der Waals surface area (Å²) in [5.74, 6) is -0.775. The predicted molar refractivity (Wildman–Crippen MR) is 71.5 cm³/mol. The maximum absolute atomic E-state index is 13.7. The van der Waals surface area contributed by atoms with E-state index in [1.54, 1.807) is 12.1 Å². The van der Waals surface area contributed by atoms with E-state index < -0.39 is 11.2 Å². The lowest BCUT2D eigenvalue weighted by molar-refractivity contribution is 0.0912. The van der Waals surface area contributed by atoms with Crippen LogP contribution in [0.1, 0.15) is 24.2 Å². The second-order valence-electron chi connectivity index (χ2n) is 5.37. The summed E-state index contributed by atoms with van der Waals surface area (Å²) in [7, 11) is 0. The molecule has 4 nitrogen and oxygen atoms in total. The topological polar surface area (TPSA) is 65.1 Å². The molecule has 19 heavy (non-hydrogen) atoms. The molecule has 0 saturated heterocycles. The number of aliphatic hydroxyl groups excluding tert-OH is 1. The summed E-state index contributed by atoms with van der Waals surface area (Å²) >= 11 is 0. The molecule has 102 valence electrons. The number of halogens is 1. The van der Waals surface area contributed by atoms with Crippen molar-refractivity contribution in [1.29, 1.82) is 0 Å². The van der Waals surface area contributed by atoms with Crippen molar-refractivity contribution in [2.75, 3.05) is 13.2 Å². The van der Waals surface area contributed by atoms with E-state index in [0.29, 0.717) is 17.4 Å². The third-order valence-electron chi connectivity index (χ3n) is 3.06. The highest BCUT2D eigenvalue weighted by Gasteiger charge is 2.20. The van der Waals surface area contributed by atoms with Crippen LogP contribution in [0.3, 0.4) is 0 Å². The molecule has 1 heterocycles. The van der Waals surface area contributed by atoms with E-state index in [4.69, 9.17) is 5.11 Å². The van der Waals surface area contributed by atoms with Crippen molar-refractivity contribution < 1.29 is 14.3 Å². The van der Waals surface area contributed by atoms with Gasteiger partial charge < -0.3 is 15.4 Å². The highest BCUT2D eigenvalue weighted by molar-refractivity contribution is 6.06. The molecule has 0 aliphatic carbocycles. The fourth-order valence-electron chi connectivity index (χ4n) is 1.79. The number of aromatic nitrogens is 1. The fourth-order valence-corrected chi connectivity index (χ4v) is 1.79. The second kappa shape index (κ2) is 5.01. The van der Waals surface area contributed by atoms with Crippen LogP contribution in [0, 0.1) is 11.2 Å². The van der Waals surface area contributed by atoms with Crippen LogP contribution in [-0.2, 0) is 0 Å². The average Bonchev–Trinajstić information content (AvgIpc) is 2.81. The minimum absolute atomic E-state index is 0.0322. The van der Waals surface area contributed by atoms with Crippen molar-refractivity contribution in [3.8, 4) is 0 Å². The first-order valence-corrected chi connectivity index (χ1v) is 6.09. The van der Waals surface area contributed by atoms with E-state index >= 15 is 0 Å². The number of amides is 1. The lowest BCUT2D eigenvalue weighted by Crippen LogP contribution is -2.36. The van der Waals surface area contributed by atoms with Crippen molar-refractivity contribution in [3.05, 3.63) is 35.8 Å². The first kappa shape index (κ1) is 13.5. The van der Waals surface area contributed by atoms with E-state index in [1.807, 2.05) is 13.8 Å². The van der Waals surface area contributed by atoms with Crippen LogP contribution in [0.15, 0.2) is 24.4 Å². The summed E-state index contributed by atoms with van der Waals surface area (Å²) in [5.41, 5.74) is 0.466. The molecule has 0 fully saturated rings. The smallest absolute Gasteiger partial charge is 0.253 e. The van der Waals surface area contributed by atoms with Crippen LogP contribution >= 0.6 is 0 Å². The Balaban J connectivity index is 2.23. The van der Waals surface area contributed by atoms with E-state index in [9.17, 15) is 9.18 Å². The zero-order valence-corrected chi connectivity index (χ0v) is 11.0. The van der Waals surface area contributed by atoms with Crippen LogP contribution in [-0.4, -0.2) is 29.1 Å². The fraction of sp³-hybridized carbons (Fsp3) is 0.357. The third kappa shape index (κ3) is 2.76. The van der Waals surface area contributed by atoms with Gasteiger partial charge in [0.05, 0.1) is 5.56 Å². The van der Waals surface area contributed by atoms with Gasteiger partial charge in [0.1, 0.15) is 5.82 Å². The van der Waals surface area contributed by atoms with Crippen molar-refractivity contribution in [2.24, 2.45) is 5.41 Å². The number of aliphatic hydroxyl groups is 1. The van der Waals surface area contributed by atoms with Crippen LogP contribution in [0.25, 0.3) is 10.9 Å². The van der Waals surface area contributed by atoms with Gasteiger partial charge in [0, 0.05) is 35.7 Å². The number of carbonyl (C=O) groups excluding carboxylic acids is 1. The van der Waals surface area contributed by atoms with Gasteiger partial charge in [-0.1, -0.05) is 19.9 Å². The third-order valence-corrected chi connectivity index (χ3v) is 3.06. The molecule has 0 saturated carbocycles. The van der Waals surface area contributed by atoms with E-state index in [2.05, 4.69) is 10.3 Å². The van der Waals surface area contributed by atoms with Gasteiger partial charge in [-0.2, -0.15) is 0 Å². The Labute approximate surface area is 110 Å². The monoisotopic (exact) mass is 264 g/mol. The van der Waals surface area contributed by atoms with Crippen LogP contribution in [0.2, 0.25) is 0 Å². The van der Waals surface area contributed by atoms with Crippen LogP contribution in [0.5, 0.6) is 0 Å². The standard InChI is InChI=1S/C14H17FN2O2/c1-14(2,8-18)7-17-13(19)9-6-16-11-5-3-4-10(15)12(9)11/h3-6,16,18H,7-8H2,1-2H3,(H,17,19). The van der Waals surface area contributed by atoms with Crippen LogP contribution in [0.4, 0.5) is 4.39 Å². The number of hydrogen-bond acceptors (Lipinski definition) is 2. The number of nitrogens with one attached hydrogen (secondary N) is 2. The lowest BCUT2D eigenvalue weighted by Gasteiger charge is -2.21. The maximum Gasteiger partial charge on any atom is 0.253 e. The SMILES string of the molecule is CC(C)(CO)CNC(=O)c1c[nH]c2cccc(F)c12. The summed E-state index contributed by atoms with van der Waals surface area (Å²) < 4.78 is 13.7. The van der Waals surface area contributed by atoms with E-state index in [1.165, 1.54) is 12.3 Å². The zero-order chi connectivity index (χ0) is 14.0. The van der Waals surface area contributed by atoms with Gasteiger partial charge in [0.25, 0.3) is 5.91 Å². The minimum atomic E-state index is -0.426. The molecule has 0 aliphatic heterocycles. The Morgan fingerprint density at radius 1 is 1.47 bits per heavy atom. The van der Waals surface area contributed by atoms with Crippen molar-refractivity contribution in [3.63, 3.8) is 0 Å². The van der Waals surface area contributed by atoms with Crippen molar-refractivity contribution in [1.82, 2.24) is 10.3 Å². The highest BCUT2D eigenvalue weighted by atomic mass is 19.1. The second-order valence-corrected chi connectivity index (χ2v) is 5.37. The number of benzene rings is 1. The van der Waals surface area contributed by atoms with Crippen LogP contribution < -0.4 is 5.32 Å². The molecule has 0 bridgehead atoms. The first-order chi connectivity index (χ1) is 8.94. The molecular weight excluding hydrogens is 247 g/mol. The number of H-pyrrole nitrogens is 1. The molecule has 5 heteroatoms. The van der Waals surface area contributed by atoms with E-state index in [0.717, 1.165) is 0 Å².